The normalized spacial score (nSPS) is 18.9. The molecule has 0 amide bonds. The molecule has 2 heteroatoms. The van der Waals surface area contributed by atoms with Gasteiger partial charge in [-0.3, -0.25) is 0 Å². The molecule has 0 fully saturated rings. The van der Waals surface area contributed by atoms with Crippen LogP contribution in [0.15, 0.2) is 22.3 Å². The molecule has 0 atom stereocenters. The van der Waals surface area contributed by atoms with E-state index in [0.29, 0.717) is 5.54 Å². The fourth-order valence-electron chi connectivity index (χ4n) is 5.64. The van der Waals surface area contributed by atoms with Crippen LogP contribution in [0.3, 0.4) is 0 Å². The standard InChI is InChI=1S/C27H53NSi/c1-23(2,3)18-19(24(4,5)6)21(26(10,11)12)22(20(18)25(7,8)9)29(16,17)28-27(13,14)15/h22,28H,1-17H3. The van der Waals surface area contributed by atoms with E-state index in [-0.39, 0.29) is 27.2 Å². The van der Waals surface area contributed by atoms with Crippen LogP contribution >= 0.6 is 0 Å². The molecule has 29 heavy (non-hydrogen) atoms. The lowest BCUT2D eigenvalue weighted by Gasteiger charge is -2.46. The van der Waals surface area contributed by atoms with Gasteiger partial charge in [0.1, 0.15) is 8.24 Å². The predicted molar refractivity (Wildman–Crippen MR) is 136 cm³/mol. The first-order chi connectivity index (χ1) is 12.3. The summed E-state index contributed by atoms with van der Waals surface area (Å²) in [5.41, 5.74) is 7.86. The Balaban J connectivity index is 4.18. The van der Waals surface area contributed by atoms with Crippen molar-refractivity contribution in [1.29, 1.82) is 0 Å². The maximum atomic E-state index is 4.16. The molecule has 0 saturated heterocycles. The Hall–Kier alpha value is -0.343. The molecule has 170 valence electrons. The summed E-state index contributed by atoms with van der Waals surface area (Å²) in [5, 5.41) is 0. The van der Waals surface area contributed by atoms with Gasteiger partial charge in [-0.05, 0) is 53.6 Å². The molecule has 0 aromatic carbocycles. The lowest BCUT2D eigenvalue weighted by Crippen LogP contribution is -2.58. The van der Waals surface area contributed by atoms with E-state index in [0.717, 1.165) is 0 Å². The molecular formula is C27H53NSi. The Morgan fingerprint density at radius 1 is 0.517 bits per heavy atom. The molecule has 1 aliphatic rings. The average Bonchev–Trinajstić information content (AvgIpc) is 2.70. The second kappa shape index (κ2) is 7.36. The van der Waals surface area contributed by atoms with Gasteiger partial charge in [-0.2, -0.15) is 0 Å². The summed E-state index contributed by atoms with van der Waals surface area (Å²) in [6, 6.07) is 0. The van der Waals surface area contributed by atoms with Gasteiger partial charge >= 0.3 is 0 Å². The lowest BCUT2D eigenvalue weighted by atomic mass is 9.68. The molecule has 0 spiro atoms. The highest BCUT2D eigenvalue weighted by molar-refractivity contribution is 6.78. The highest BCUT2D eigenvalue weighted by Gasteiger charge is 2.53. The predicted octanol–water partition coefficient (Wildman–Crippen LogP) is 8.74. The van der Waals surface area contributed by atoms with Crippen LogP contribution in [0.4, 0.5) is 0 Å². The maximum Gasteiger partial charge on any atom is 0.131 e. The molecule has 1 rings (SSSR count). The summed E-state index contributed by atoms with van der Waals surface area (Å²) in [7, 11) is -1.86. The molecule has 1 nitrogen and oxygen atoms in total. The zero-order valence-electron chi connectivity index (χ0n) is 23.1. The van der Waals surface area contributed by atoms with Gasteiger partial charge in [0.15, 0.2) is 0 Å². The number of rotatable bonds is 2. The Labute approximate surface area is 185 Å². The lowest BCUT2D eigenvalue weighted by molar-refractivity contribution is 0.418. The summed E-state index contributed by atoms with van der Waals surface area (Å²) in [6.45, 7) is 41.3. The molecular weight excluding hydrogens is 366 g/mol. The first kappa shape index (κ1) is 26.7. The van der Waals surface area contributed by atoms with Crippen LogP contribution in [-0.4, -0.2) is 13.8 Å². The fraction of sp³-hybridized carbons (Fsp3) is 0.852. The molecule has 0 aromatic heterocycles. The van der Waals surface area contributed by atoms with Gasteiger partial charge in [-0.1, -0.05) is 107 Å². The van der Waals surface area contributed by atoms with Crippen molar-refractivity contribution in [2.24, 2.45) is 21.7 Å². The van der Waals surface area contributed by atoms with Gasteiger partial charge in [0.25, 0.3) is 0 Å². The van der Waals surface area contributed by atoms with E-state index in [4.69, 9.17) is 0 Å². The zero-order chi connectivity index (χ0) is 23.6. The molecule has 1 aliphatic carbocycles. The largest absolute Gasteiger partial charge is 0.332 e. The van der Waals surface area contributed by atoms with Crippen molar-refractivity contribution in [3.05, 3.63) is 22.3 Å². The molecule has 0 radical (unpaired) electrons. The fourth-order valence-corrected chi connectivity index (χ4v) is 10.3. The monoisotopic (exact) mass is 419 g/mol. The van der Waals surface area contributed by atoms with Crippen LogP contribution in [0.1, 0.15) is 104 Å². The minimum atomic E-state index is -1.86. The van der Waals surface area contributed by atoms with E-state index in [1.807, 2.05) is 0 Å². The van der Waals surface area contributed by atoms with E-state index in [2.05, 4.69) is 122 Å². The van der Waals surface area contributed by atoms with Crippen molar-refractivity contribution in [1.82, 2.24) is 4.98 Å². The van der Waals surface area contributed by atoms with Gasteiger partial charge in [-0.15, -0.1) is 0 Å². The van der Waals surface area contributed by atoms with Gasteiger partial charge < -0.3 is 4.98 Å². The van der Waals surface area contributed by atoms with Crippen LogP contribution in [0.5, 0.6) is 0 Å². The summed E-state index contributed by atoms with van der Waals surface area (Å²) in [4.78, 5) is 4.16. The van der Waals surface area contributed by atoms with Gasteiger partial charge in [0.05, 0.1) is 0 Å². The highest BCUT2D eigenvalue weighted by Crippen LogP contribution is 2.63. The number of allylic oxidation sites excluding steroid dienone is 4. The quantitative estimate of drug-likeness (QED) is 0.441. The van der Waals surface area contributed by atoms with Crippen molar-refractivity contribution in [2.75, 3.05) is 0 Å². The van der Waals surface area contributed by atoms with Crippen LogP contribution in [0.25, 0.3) is 0 Å². The van der Waals surface area contributed by atoms with Gasteiger partial charge in [0, 0.05) is 11.1 Å². The van der Waals surface area contributed by atoms with Crippen LogP contribution in [0.2, 0.25) is 18.6 Å². The highest BCUT2D eigenvalue weighted by atomic mass is 28.3. The molecule has 0 aliphatic heterocycles. The van der Waals surface area contributed by atoms with Crippen LogP contribution in [0, 0.1) is 21.7 Å². The van der Waals surface area contributed by atoms with E-state index in [1.54, 1.807) is 22.3 Å². The number of nitrogens with one attached hydrogen (secondary N) is 1. The summed E-state index contributed by atoms with van der Waals surface area (Å²) >= 11 is 0. The zero-order valence-corrected chi connectivity index (χ0v) is 24.1. The summed E-state index contributed by atoms with van der Waals surface area (Å²) < 4.78 is 0. The smallest absolute Gasteiger partial charge is 0.131 e. The summed E-state index contributed by atoms with van der Waals surface area (Å²) in [5.74, 6) is 0. The van der Waals surface area contributed by atoms with Gasteiger partial charge in [-0.25, -0.2) is 0 Å². The van der Waals surface area contributed by atoms with Crippen LogP contribution < -0.4 is 4.98 Å². The van der Waals surface area contributed by atoms with Crippen molar-refractivity contribution >= 4 is 8.24 Å². The van der Waals surface area contributed by atoms with E-state index >= 15 is 0 Å². The van der Waals surface area contributed by atoms with Crippen LogP contribution in [-0.2, 0) is 0 Å². The minimum absolute atomic E-state index is 0.119. The topological polar surface area (TPSA) is 12.0 Å². The third kappa shape index (κ3) is 5.88. The number of hydrogen-bond donors (Lipinski definition) is 1. The Bertz CT molecular complexity index is 635. The Morgan fingerprint density at radius 3 is 0.966 bits per heavy atom. The second-order valence-corrected chi connectivity index (χ2v) is 19.4. The second-order valence-electron chi connectivity index (χ2n) is 15.1. The van der Waals surface area contributed by atoms with Crippen molar-refractivity contribution in [2.45, 2.75) is 128 Å². The molecule has 1 N–H and O–H groups in total. The molecule has 0 heterocycles. The number of hydrogen-bond acceptors (Lipinski definition) is 1. The molecule has 0 bridgehead atoms. The van der Waals surface area contributed by atoms with E-state index in [1.165, 1.54) is 0 Å². The Morgan fingerprint density at radius 2 is 0.793 bits per heavy atom. The van der Waals surface area contributed by atoms with E-state index < -0.39 is 8.24 Å². The SMILES string of the molecule is CC(C)(C)N[Si](C)(C)C1C(C(C)(C)C)=C(C(C)(C)C)C(C(C)(C)C)=C1C(C)(C)C. The van der Waals surface area contributed by atoms with E-state index in [9.17, 15) is 0 Å². The first-order valence-electron chi connectivity index (χ1n) is 11.6. The molecule has 0 aromatic rings. The third-order valence-corrected chi connectivity index (χ3v) is 9.32. The summed E-state index contributed by atoms with van der Waals surface area (Å²) in [6.07, 6.45) is 0. The van der Waals surface area contributed by atoms with Crippen molar-refractivity contribution in [3.8, 4) is 0 Å². The Kier molecular flexibility index (Phi) is 6.78. The maximum absolute atomic E-state index is 4.16. The van der Waals surface area contributed by atoms with Crippen molar-refractivity contribution in [3.63, 3.8) is 0 Å². The van der Waals surface area contributed by atoms with Gasteiger partial charge in [0.2, 0.25) is 0 Å². The van der Waals surface area contributed by atoms with Crippen molar-refractivity contribution < 1.29 is 0 Å². The first-order valence-corrected chi connectivity index (χ1v) is 14.7. The average molecular weight is 420 g/mol. The molecule has 0 unspecified atom stereocenters. The third-order valence-electron chi connectivity index (χ3n) is 5.90. The molecule has 0 saturated carbocycles. The minimum Gasteiger partial charge on any atom is -0.332 e.